The Morgan fingerprint density at radius 1 is 1.19 bits per heavy atom. The topological polar surface area (TPSA) is 34.1 Å². The Morgan fingerprint density at radius 2 is 1.86 bits per heavy atom. The van der Waals surface area contributed by atoms with Crippen LogP contribution in [-0.4, -0.2) is 17.6 Å². The van der Waals surface area contributed by atoms with Gasteiger partial charge in [0.1, 0.15) is 5.75 Å². The van der Waals surface area contributed by atoms with Gasteiger partial charge in [0.25, 0.3) is 0 Å². The number of aromatic nitrogens is 1. The molecule has 0 unspecified atom stereocenters. The van der Waals surface area contributed by atoms with Crippen LogP contribution in [0.2, 0.25) is 0 Å². The van der Waals surface area contributed by atoms with Crippen LogP contribution in [-0.2, 0) is 13.0 Å². The molecule has 1 aromatic heterocycles. The van der Waals surface area contributed by atoms with Crippen LogP contribution in [0.25, 0.3) is 0 Å². The van der Waals surface area contributed by atoms with E-state index in [1.807, 2.05) is 12.1 Å². The highest BCUT2D eigenvalue weighted by Gasteiger charge is 2.13. The highest BCUT2D eigenvalue weighted by molar-refractivity contribution is 7.11. The number of nitrogens with one attached hydrogen (secondary N) is 1. The fraction of sp³-hybridized carbons (Fsp3) is 0.471. The number of methoxy groups -OCH3 is 1. The van der Waals surface area contributed by atoms with Crippen LogP contribution >= 0.6 is 11.3 Å². The number of hydrogen-bond donors (Lipinski definition) is 1. The summed E-state index contributed by atoms with van der Waals surface area (Å²) in [5.74, 6) is 0.893. The van der Waals surface area contributed by atoms with Crippen LogP contribution in [0.3, 0.4) is 0 Å². The zero-order valence-electron chi connectivity index (χ0n) is 13.5. The van der Waals surface area contributed by atoms with E-state index in [1.165, 1.54) is 15.4 Å². The van der Waals surface area contributed by atoms with Gasteiger partial charge >= 0.3 is 0 Å². The van der Waals surface area contributed by atoms with Crippen molar-refractivity contribution >= 4 is 11.3 Å². The van der Waals surface area contributed by atoms with E-state index in [4.69, 9.17) is 9.72 Å². The number of thiazole rings is 1. The second-order valence-electron chi connectivity index (χ2n) is 6.24. The Labute approximate surface area is 131 Å². The van der Waals surface area contributed by atoms with Gasteiger partial charge in [-0.25, -0.2) is 4.98 Å². The van der Waals surface area contributed by atoms with Gasteiger partial charge in [-0.15, -0.1) is 11.3 Å². The molecular formula is C17H24N2OS. The van der Waals surface area contributed by atoms with Crippen molar-refractivity contribution < 1.29 is 4.74 Å². The lowest BCUT2D eigenvalue weighted by Gasteiger charge is -2.19. The molecule has 114 valence electrons. The van der Waals surface area contributed by atoms with Crippen molar-refractivity contribution in [1.29, 1.82) is 0 Å². The zero-order valence-corrected chi connectivity index (χ0v) is 14.3. The first-order chi connectivity index (χ1) is 9.87. The summed E-state index contributed by atoms with van der Waals surface area (Å²) in [6.07, 6.45) is 0.880. The van der Waals surface area contributed by atoms with E-state index in [9.17, 15) is 0 Å². The number of hydrogen-bond acceptors (Lipinski definition) is 4. The molecule has 1 N–H and O–H groups in total. The number of aryl methyl sites for hydroxylation is 1. The SMILES string of the molecule is COc1ccc(Cc2nc(C)c(CNC(C)(C)C)s2)cc1. The Morgan fingerprint density at radius 3 is 2.43 bits per heavy atom. The highest BCUT2D eigenvalue weighted by atomic mass is 32.1. The van der Waals surface area contributed by atoms with Crippen molar-refractivity contribution in [2.45, 2.75) is 46.2 Å². The number of benzene rings is 1. The normalized spacial score (nSPS) is 11.7. The average Bonchev–Trinajstić information content (AvgIpc) is 2.77. The monoisotopic (exact) mass is 304 g/mol. The lowest BCUT2D eigenvalue weighted by Crippen LogP contribution is -2.34. The Balaban J connectivity index is 2.03. The smallest absolute Gasteiger partial charge is 0.118 e. The third-order valence-electron chi connectivity index (χ3n) is 3.23. The van der Waals surface area contributed by atoms with Crippen LogP contribution in [0.15, 0.2) is 24.3 Å². The van der Waals surface area contributed by atoms with Crippen molar-refractivity contribution in [1.82, 2.24) is 10.3 Å². The first kappa shape index (κ1) is 16.0. The zero-order chi connectivity index (χ0) is 15.5. The van der Waals surface area contributed by atoms with E-state index in [0.29, 0.717) is 0 Å². The molecule has 0 amide bonds. The Hall–Kier alpha value is -1.39. The van der Waals surface area contributed by atoms with Crippen molar-refractivity contribution in [2.75, 3.05) is 7.11 Å². The minimum atomic E-state index is 0.132. The highest BCUT2D eigenvalue weighted by Crippen LogP contribution is 2.22. The third kappa shape index (κ3) is 4.83. The van der Waals surface area contributed by atoms with Gasteiger partial charge in [0.05, 0.1) is 17.8 Å². The molecule has 0 atom stereocenters. The molecule has 2 aromatic rings. The van der Waals surface area contributed by atoms with E-state index in [-0.39, 0.29) is 5.54 Å². The van der Waals surface area contributed by atoms with Gasteiger partial charge < -0.3 is 10.1 Å². The van der Waals surface area contributed by atoms with Crippen LogP contribution in [0.1, 0.15) is 41.9 Å². The summed E-state index contributed by atoms with van der Waals surface area (Å²) in [5, 5.41) is 4.69. The molecule has 0 radical (unpaired) electrons. The van der Waals surface area contributed by atoms with E-state index < -0.39 is 0 Å². The predicted molar refractivity (Wildman–Crippen MR) is 89.2 cm³/mol. The molecular weight excluding hydrogens is 280 g/mol. The molecule has 0 bridgehead atoms. The molecule has 0 aliphatic carbocycles. The Kier molecular flexibility index (Phi) is 5.01. The summed E-state index contributed by atoms with van der Waals surface area (Å²) in [7, 11) is 1.69. The standard InChI is InChI=1S/C17H24N2OS/c1-12-15(11-18-17(2,3)4)21-16(19-12)10-13-6-8-14(20-5)9-7-13/h6-9,18H,10-11H2,1-5H3. The van der Waals surface area contributed by atoms with Crippen LogP contribution in [0, 0.1) is 6.92 Å². The van der Waals surface area contributed by atoms with E-state index >= 15 is 0 Å². The lowest BCUT2D eigenvalue weighted by molar-refractivity contribution is 0.414. The summed E-state index contributed by atoms with van der Waals surface area (Å²) in [4.78, 5) is 6.02. The van der Waals surface area contributed by atoms with Gasteiger partial charge in [0, 0.05) is 23.4 Å². The summed E-state index contributed by atoms with van der Waals surface area (Å²) in [6.45, 7) is 9.52. The van der Waals surface area contributed by atoms with E-state index in [1.54, 1.807) is 18.4 Å². The van der Waals surface area contributed by atoms with Gasteiger partial charge in [-0.2, -0.15) is 0 Å². The molecule has 3 nitrogen and oxygen atoms in total. The number of rotatable bonds is 5. The fourth-order valence-corrected chi connectivity index (χ4v) is 3.03. The third-order valence-corrected chi connectivity index (χ3v) is 4.39. The minimum absolute atomic E-state index is 0.132. The number of ether oxygens (including phenoxy) is 1. The molecule has 4 heteroatoms. The second kappa shape index (κ2) is 6.58. The van der Waals surface area contributed by atoms with Gasteiger partial charge in [-0.1, -0.05) is 12.1 Å². The van der Waals surface area contributed by atoms with Crippen molar-refractivity contribution in [2.24, 2.45) is 0 Å². The summed E-state index contributed by atoms with van der Waals surface area (Å²) >= 11 is 1.80. The van der Waals surface area contributed by atoms with Gasteiger partial charge in [-0.05, 0) is 45.4 Å². The second-order valence-corrected chi connectivity index (χ2v) is 7.41. The Bertz CT molecular complexity index is 582. The first-order valence-electron chi connectivity index (χ1n) is 7.20. The molecule has 1 aromatic carbocycles. The molecule has 0 saturated carbocycles. The van der Waals surface area contributed by atoms with E-state index in [0.717, 1.165) is 24.4 Å². The van der Waals surface area contributed by atoms with Crippen LogP contribution in [0.5, 0.6) is 5.75 Å². The molecule has 0 fully saturated rings. The summed E-state index contributed by atoms with van der Waals surface area (Å²) in [5.41, 5.74) is 2.53. The van der Waals surface area contributed by atoms with Gasteiger partial charge in [0.15, 0.2) is 0 Å². The average molecular weight is 304 g/mol. The quantitative estimate of drug-likeness (QED) is 0.908. The lowest BCUT2D eigenvalue weighted by atomic mass is 10.1. The van der Waals surface area contributed by atoms with Gasteiger partial charge in [-0.3, -0.25) is 0 Å². The molecule has 2 rings (SSSR count). The maximum Gasteiger partial charge on any atom is 0.118 e. The molecule has 1 heterocycles. The van der Waals surface area contributed by atoms with E-state index in [2.05, 4.69) is 45.1 Å². The van der Waals surface area contributed by atoms with Crippen molar-refractivity contribution in [3.8, 4) is 5.75 Å². The fourth-order valence-electron chi connectivity index (χ4n) is 1.99. The molecule has 0 saturated heterocycles. The van der Waals surface area contributed by atoms with Crippen molar-refractivity contribution in [3.63, 3.8) is 0 Å². The summed E-state index contributed by atoms with van der Waals surface area (Å²) in [6, 6.07) is 8.20. The molecule has 0 aliphatic rings. The summed E-state index contributed by atoms with van der Waals surface area (Å²) < 4.78 is 5.19. The molecule has 0 aliphatic heterocycles. The largest absolute Gasteiger partial charge is 0.497 e. The maximum absolute atomic E-state index is 5.19. The van der Waals surface area contributed by atoms with Crippen molar-refractivity contribution in [3.05, 3.63) is 45.4 Å². The molecule has 0 spiro atoms. The van der Waals surface area contributed by atoms with Crippen LogP contribution in [0.4, 0.5) is 0 Å². The maximum atomic E-state index is 5.19. The number of nitrogens with zero attached hydrogens (tertiary/aromatic N) is 1. The predicted octanol–water partition coefficient (Wildman–Crippen LogP) is 3.94. The van der Waals surface area contributed by atoms with Gasteiger partial charge in [0.2, 0.25) is 0 Å². The molecule has 21 heavy (non-hydrogen) atoms. The van der Waals surface area contributed by atoms with Crippen LogP contribution < -0.4 is 10.1 Å². The first-order valence-corrected chi connectivity index (χ1v) is 8.02. The minimum Gasteiger partial charge on any atom is -0.497 e.